The zero-order chi connectivity index (χ0) is 14.5. The number of hydrogen-bond donors (Lipinski definition) is 1. The van der Waals surface area contributed by atoms with Crippen LogP contribution in [0.3, 0.4) is 0 Å². The quantitative estimate of drug-likeness (QED) is 0.784. The van der Waals surface area contributed by atoms with Gasteiger partial charge in [-0.25, -0.2) is 15.0 Å². The van der Waals surface area contributed by atoms with Crippen molar-refractivity contribution in [1.29, 1.82) is 0 Å². The second-order valence-corrected chi connectivity index (χ2v) is 5.53. The molecule has 0 unspecified atom stereocenters. The predicted molar refractivity (Wildman–Crippen MR) is 86.0 cm³/mol. The van der Waals surface area contributed by atoms with Crippen LogP contribution in [0, 0.1) is 0 Å². The molecule has 106 valence electrons. The van der Waals surface area contributed by atoms with Crippen molar-refractivity contribution < 1.29 is 0 Å². The highest BCUT2D eigenvalue weighted by atomic mass is 32.1. The Labute approximate surface area is 127 Å². The molecule has 4 nitrogen and oxygen atoms in total. The summed E-state index contributed by atoms with van der Waals surface area (Å²) in [5.41, 5.74) is 3.14. The molecule has 5 heteroatoms. The molecule has 0 spiro atoms. The highest BCUT2D eigenvalue weighted by Crippen LogP contribution is 2.34. The summed E-state index contributed by atoms with van der Waals surface area (Å²) in [5, 5.41) is 4.29. The molecule has 21 heavy (non-hydrogen) atoms. The minimum atomic E-state index is 0.766. The fourth-order valence-corrected chi connectivity index (χ4v) is 3.12. The molecule has 3 rings (SSSR count). The van der Waals surface area contributed by atoms with Gasteiger partial charge in [-0.3, -0.25) is 0 Å². The van der Waals surface area contributed by atoms with Gasteiger partial charge in [0.05, 0.1) is 10.6 Å². The number of nitrogens with one attached hydrogen (secondary N) is 1. The van der Waals surface area contributed by atoms with Crippen LogP contribution < -0.4 is 5.32 Å². The Balaban J connectivity index is 2.03. The summed E-state index contributed by atoms with van der Waals surface area (Å²) < 4.78 is 0. The lowest BCUT2D eigenvalue weighted by atomic mass is 10.1. The molecule has 0 saturated carbocycles. The molecule has 0 aliphatic heterocycles. The standard InChI is InChI=1S/C16H16N4S/c1-2-17-10-14-15(12-6-4-3-5-7-12)21-16(20-14)13-8-9-18-11-19-13/h3-9,11,17H,2,10H2,1H3. The van der Waals surface area contributed by atoms with Crippen molar-refractivity contribution in [3.63, 3.8) is 0 Å². The van der Waals surface area contributed by atoms with Crippen LogP contribution in [0.4, 0.5) is 0 Å². The van der Waals surface area contributed by atoms with E-state index in [1.54, 1.807) is 23.9 Å². The topological polar surface area (TPSA) is 50.7 Å². The Morgan fingerprint density at radius 2 is 2.00 bits per heavy atom. The van der Waals surface area contributed by atoms with E-state index in [0.717, 1.165) is 29.5 Å². The van der Waals surface area contributed by atoms with Crippen molar-refractivity contribution in [2.75, 3.05) is 6.54 Å². The van der Waals surface area contributed by atoms with Crippen molar-refractivity contribution in [2.24, 2.45) is 0 Å². The van der Waals surface area contributed by atoms with E-state index in [2.05, 4.69) is 46.5 Å². The van der Waals surface area contributed by atoms with Gasteiger partial charge in [0, 0.05) is 12.7 Å². The molecule has 0 radical (unpaired) electrons. The molecule has 2 aromatic heterocycles. The van der Waals surface area contributed by atoms with Crippen LogP contribution in [0.25, 0.3) is 21.1 Å². The van der Waals surface area contributed by atoms with Crippen LogP contribution in [0.2, 0.25) is 0 Å². The third-order valence-corrected chi connectivity index (χ3v) is 4.25. The van der Waals surface area contributed by atoms with E-state index in [-0.39, 0.29) is 0 Å². The third-order valence-electron chi connectivity index (χ3n) is 3.08. The second-order valence-electron chi connectivity index (χ2n) is 4.54. The maximum absolute atomic E-state index is 4.76. The van der Waals surface area contributed by atoms with Gasteiger partial charge in [0.1, 0.15) is 17.0 Å². The zero-order valence-corrected chi connectivity index (χ0v) is 12.6. The molecular weight excluding hydrogens is 280 g/mol. The molecule has 1 aromatic carbocycles. The van der Waals surface area contributed by atoms with Crippen molar-refractivity contribution in [3.8, 4) is 21.1 Å². The van der Waals surface area contributed by atoms with E-state index in [9.17, 15) is 0 Å². The first-order chi connectivity index (χ1) is 10.4. The van der Waals surface area contributed by atoms with E-state index in [1.807, 2.05) is 12.1 Å². The first-order valence-corrected chi connectivity index (χ1v) is 7.72. The summed E-state index contributed by atoms with van der Waals surface area (Å²) in [4.78, 5) is 14.2. The van der Waals surface area contributed by atoms with Gasteiger partial charge in [0.25, 0.3) is 0 Å². The molecule has 2 heterocycles. The maximum Gasteiger partial charge on any atom is 0.142 e. The molecule has 0 saturated heterocycles. The lowest BCUT2D eigenvalue weighted by molar-refractivity contribution is 0.715. The van der Waals surface area contributed by atoms with Crippen LogP contribution in [0.5, 0.6) is 0 Å². The summed E-state index contributed by atoms with van der Waals surface area (Å²) in [5.74, 6) is 0. The Morgan fingerprint density at radius 3 is 2.71 bits per heavy atom. The fourth-order valence-electron chi connectivity index (χ4n) is 2.06. The number of benzene rings is 1. The average molecular weight is 296 g/mol. The Kier molecular flexibility index (Phi) is 4.33. The molecule has 0 aliphatic carbocycles. The second kappa shape index (κ2) is 6.56. The SMILES string of the molecule is CCNCc1nc(-c2ccncn2)sc1-c1ccccc1. The lowest BCUT2D eigenvalue weighted by Crippen LogP contribution is -2.12. The number of nitrogens with zero attached hydrogens (tertiary/aromatic N) is 3. The summed E-state index contributed by atoms with van der Waals surface area (Å²) >= 11 is 1.67. The van der Waals surface area contributed by atoms with Crippen molar-refractivity contribution >= 4 is 11.3 Å². The molecule has 0 atom stereocenters. The summed E-state index contributed by atoms with van der Waals surface area (Å²) in [6.07, 6.45) is 3.30. The van der Waals surface area contributed by atoms with Crippen LogP contribution in [0.15, 0.2) is 48.9 Å². The Morgan fingerprint density at radius 1 is 1.14 bits per heavy atom. The van der Waals surface area contributed by atoms with E-state index >= 15 is 0 Å². The van der Waals surface area contributed by atoms with Crippen LogP contribution in [0.1, 0.15) is 12.6 Å². The van der Waals surface area contributed by atoms with Crippen LogP contribution in [-0.4, -0.2) is 21.5 Å². The predicted octanol–water partition coefficient (Wildman–Crippen LogP) is 3.38. The van der Waals surface area contributed by atoms with Crippen molar-refractivity contribution in [2.45, 2.75) is 13.5 Å². The first kappa shape index (κ1) is 13.9. The molecule has 1 N–H and O–H groups in total. The molecule has 0 aliphatic rings. The molecule has 0 bridgehead atoms. The van der Waals surface area contributed by atoms with E-state index in [1.165, 1.54) is 10.4 Å². The van der Waals surface area contributed by atoms with Gasteiger partial charge in [-0.15, -0.1) is 11.3 Å². The number of rotatable bonds is 5. The van der Waals surface area contributed by atoms with Gasteiger partial charge in [0.2, 0.25) is 0 Å². The van der Waals surface area contributed by atoms with Gasteiger partial charge in [-0.2, -0.15) is 0 Å². The molecule has 3 aromatic rings. The third kappa shape index (κ3) is 3.15. The van der Waals surface area contributed by atoms with Gasteiger partial charge in [-0.05, 0) is 18.2 Å². The minimum absolute atomic E-state index is 0.766. The van der Waals surface area contributed by atoms with E-state index in [4.69, 9.17) is 4.98 Å². The number of hydrogen-bond acceptors (Lipinski definition) is 5. The van der Waals surface area contributed by atoms with Gasteiger partial charge in [0.15, 0.2) is 0 Å². The average Bonchev–Trinajstić information content (AvgIpc) is 2.99. The highest BCUT2D eigenvalue weighted by Gasteiger charge is 2.14. The monoisotopic (exact) mass is 296 g/mol. The van der Waals surface area contributed by atoms with Gasteiger partial charge in [-0.1, -0.05) is 37.3 Å². The van der Waals surface area contributed by atoms with Crippen LogP contribution >= 0.6 is 11.3 Å². The van der Waals surface area contributed by atoms with Crippen molar-refractivity contribution in [1.82, 2.24) is 20.3 Å². The first-order valence-electron chi connectivity index (χ1n) is 6.90. The van der Waals surface area contributed by atoms with Crippen molar-refractivity contribution in [3.05, 3.63) is 54.6 Å². The largest absolute Gasteiger partial charge is 0.311 e. The number of aromatic nitrogens is 3. The maximum atomic E-state index is 4.76. The molecular formula is C16H16N4S. The van der Waals surface area contributed by atoms with Crippen LogP contribution in [-0.2, 0) is 6.54 Å². The lowest BCUT2D eigenvalue weighted by Gasteiger charge is -2.02. The smallest absolute Gasteiger partial charge is 0.142 e. The Bertz CT molecular complexity index is 695. The summed E-state index contributed by atoms with van der Waals surface area (Å²) in [7, 11) is 0. The zero-order valence-electron chi connectivity index (χ0n) is 11.8. The summed E-state index contributed by atoms with van der Waals surface area (Å²) in [6.45, 7) is 3.79. The number of thiazole rings is 1. The Hall–Kier alpha value is -2.11. The minimum Gasteiger partial charge on any atom is -0.311 e. The summed E-state index contributed by atoms with van der Waals surface area (Å²) in [6, 6.07) is 12.3. The fraction of sp³-hybridized carbons (Fsp3) is 0.188. The normalized spacial score (nSPS) is 10.7. The molecule has 0 fully saturated rings. The van der Waals surface area contributed by atoms with E-state index in [0.29, 0.717) is 0 Å². The van der Waals surface area contributed by atoms with Gasteiger partial charge < -0.3 is 5.32 Å². The molecule has 0 amide bonds. The highest BCUT2D eigenvalue weighted by molar-refractivity contribution is 7.18. The van der Waals surface area contributed by atoms with Gasteiger partial charge >= 0.3 is 0 Å². The van der Waals surface area contributed by atoms with E-state index < -0.39 is 0 Å².